The molecule has 0 aliphatic carbocycles. The lowest BCUT2D eigenvalue weighted by Crippen LogP contribution is -2.39. The van der Waals surface area contributed by atoms with Crippen LogP contribution in [0.1, 0.15) is 42.6 Å². The number of carbonyl (C=O) groups is 1. The number of rotatable bonds is 6. The predicted octanol–water partition coefficient (Wildman–Crippen LogP) is 4.09. The second kappa shape index (κ2) is 10.5. The quantitative estimate of drug-likeness (QED) is 0.263. The summed E-state index contributed by atoms with van der Waals surface area (Å²) in [6.45, 7) is 7.38. The Kier molecular flexibility index (Phi) is 7.13. The molecule has 0 N–H and O–H groups in total. The number of furan rings is 1. The smallest absolute Gasteiger partial charge is 0.338 e. The highest BCUT2D eigenvalue weighted by Crippen LogP contribution is 2.31. The lowest BCUT2D eigenvalue weighted by atomic mass is 9.96. The first-order valence-electron chi connectivity index (χ1n) is 11.8. The van der Waals surface area contributed by atoms with Crippen LogP contribution in [0.4, 0.5) is 4.39 Å². The highest BCUT2D eigenvalue weighted by atomic mass is 32.2. The van der Waals surface area contributed by atoms with E-state index in [-0.39, 0.29) is 17.7 Å². The van der Waals surface area contributed by atoms with Gasteiger partial charge < -0.3 is 9.15 Å². The average Bonchev–Trinajstić information content (AvgIpc) is 3.41. The van der Waals surface area contributed by atoms with Gasteiger partial charge in [0.2, 0.25) is 0 Å². The van der Waals surface area contributed by atoms with Crippen LogP contribution in [0.25, 0.3) is 6.08 Å². The SMILES string of the molecule is CCOC(=O)C1=C(C)N=c2s/c(=C/c3ccc(Sc4nc(C)cc(C)n4)o3)c(=O)n2[C@H]1c1ccc(F)cc1. The number of halogens is 1. The van der Waals surface area contributed by atoms with Crippen LogP contribution in [0.5, 0.6) is 0 Å². The maximum Gasteiger partial charge on any atom is 0.338 e. The first kappa shape index (κ1) is 25.8. The molecule has 0 saturated heterocycles. The molecule has 0 unspecified atom stereocenters. The molecule has 8 nitrogen and oxygen atoms in total. The van der Waals surface area contributed by atoms with Gasteiger partial charge in [-0.05, 0) is 75.4 Å². The predicted molar refractivity (Wildman–Crippen MR) is 141 cm³/mol. The van der Waals surface area contributed by atoms with E-state index in [0.29, 0.717) is 36.6 Å². The van der Waals surface area contributed by atoms with Gasteiger partial charge in [-0.2, -0.15) is 0 Å². The van der Waals surface area contributed by atoms with E-state index >= 15 is 0 Å². The third kappa shape index (κ3) is 5.11. The Labute approximate surface area is 225 Å². The lowest BCUT2D eigenvalue weighted by molar-refractivity contribution is -0.139. The lowest BCUT2D eigenvalue weighted by Gasteiger charge is -2.24. The number of allylic oxidation sites excluding steroid dienone is 1. The van der Waals surface area contributed by atoms with Crippen molar-refractivity contribution in [2.75, 3.05) is 6.61 Å². The van der Waals surface area contributed by atoms with Gasteiger partial charge in [0, 0.05) is 17.5 Å². The van der Waals surface area contributed by atoms with E-state index < -0.39 is 17.8 Å². The molecule has 1 aromatic carbocycles. The topological polar surface area (TPSA) is 99.6 Å². The molecule has 0 spiro atoms. The number of nitrogens with zero attached hydrogens (tertiary/aromatic N) is 4. The number of benzene rings is 1. The summed E-state index contributed by atoms with van der Waals surface area (Å²) in [6.07, 6.45) is 1.64. The van der Waals surface area contributed by atoms with Crippen molar-refractivity contribution in [3.63, 3.8) is 0 Å². The molecular formula is C27H23FN4O4S2. The summed E-state index contributed by atoms with van der Waals surface area (Å²) in [4.78, 5) is 40.3. The van der Waals surface area contributed by atoms with Gasteiger partial charge in [0.1, 0.15) is 11.6 Å². The molecule has 4 aromatic rings. The zero-order valence-electron chi connectivity index (χ0n) is 21.0. The summed E-state index contributed by atoms with van der Waals surface area (Å²) >= 11 is 2.47. The van der Waals surface area contributed by atoms with E-state index in [0.717, 1.165) is 11.4 Å². The van der Waals surface area contributed by atoms with Gasteiger partial charge in [0.25, 0.3) is 5.56 Å². The third-order valence-electron chi connectivity index (χ3n) is 5.73. The van der Waals surface area contributed by atoms with Gasteiger partial charge in [0.15, 0.2) is 15.1 Å². The number of carbonyl (C=O) groups excluding carboxylic acids is 1. The van der Waals surface area contributed by atoms with Crippen molar-refractivity contribution in [1.82, 2.24) is 14.5 Å². The molecular weight excluding hydrogens is 527 g/mol. The van der Waals surface area contributed by atoms with Gasteiger partial charge in [-0.1, -0.05) is 23.5 Å². The number of aryl methyl sites for hydroxylation is 2. The molecule has 38 heavy (non-hydrogen) atoms. The Morgan fingerprint density at radius 3 is 2.55 bits per heavy atom. The molecule has 0 saturated carbocycles. The zero-order valence-corrected chi connectivity index (χ0v) is 22.7. The molecule has 0 bridgehead atoms. The molecule has 5 rings (SSSR count). The van der Waals surface area contributed by atoms with Crippen molar-refractivity contribution in [2.45, 2.75) is 44.0 Å². The summed E-state index contributed by atoms with van der Waals surface area (Å²) in [5, 5.41) is 1.16. The summed E-state index contributed by atoms with van der Waals surface area (Å²) in [6, 6.07) is 10.3. The molecule has 1 aliphatic heterocycles. The van der Waals surface area contributed by atoms with Gasteiger partial charge >= 0.3 is 5.97 Å². The molecule has 4 heterocycles. The number of hydrogen-bond acceptors (Lipinski definition) is 9. The average molecular weight is 551 g/mol. The van der Waals surface area contributed by atoms with Gasteiger partial charge in [-0.25, -0.2) is 24.1 Å². The minimum atomic E-state index is -0.808. The van der Waals surface area contributed by atoms with Crippen molar-refractivity contribution in [3.05, 3.63) is 102 Å². The summed E-state index contributed by atoms with van der Waals surface area (Å²) < 4.78 is 26.7. The molecule has 0 fully saturated rings. The van der Waals surface area contributed by atoms with Gasteiger partial charge in [-0.15, -0.1) is 0 Å². The van der Waals surface area contributed by atoms with Crippen LogP contribution < -0.4 is 14.9 Å². The number of aromatic nitrogens is 3. The third-order valence-corrected chi connectivity index (χ3v) is 7.50. The van der Waals surface area contributed by atoms with Crippen LogP contribution in [-0.2, 0) is 9.53 Å². The summed E-state index contributed by atoms with van der Waals surface area (Å²) in [5.41, 5.74) is 2.63. The normalized spacial score (nSPS) is 15.4. The maximum absolute atomic E-state index is 13.7. The number of hydrogen-bond donors (Lipinski definition) is 0. The minimum Gasteiger partial charge on any atom is -0.463 e. The fraction of sp³-hybridized carbons (Fsp3) is 0.222. The standard InChI is InChI=1S/C27H23FN4O4S2/c1-5-35-25(34)22-16(4)31-27-32(23(22)17-6-8-18(28)9-7-17)24(33)20(37-27)13-19-10-11-21(36-19)38-26-29-14(2)12-15(3)30-26/h6-13,23H,5H2,1-4H3/b20-13+/t23-/m0/s1. The Morgan fingerprint density at radius 2 is 1.87 bits per heavy atom. The fourth-order valence-corrected chi connectivity index (χ4v) is 6.04. The van der Waals surface area contributed by atoms with Crippen molar-refractivity contribution in [3.8, 4) is 0 Å². The highest BCUT2D eigenvalue weighted by Gasteiger charge is 2.33. The minimum absolute atomic E-state index is 0.169. The van der Waals surface area contributed by atoms with Crippen molar-refractivity contribution in [2.24, 2.45) is 4.99 Å². The number of thiazole rings is 1. The van der Waals surface area contributed by atoms with E-state index in [4.69, 9.17) is 9.15 Å². The largest absolute Gasteiger partial charge is 0.463 e. The van der Waals surface area contributed by atoms with Crippen LogP contribution in [0.15, 0.2) is 78.2 Å². The first-order valence-corrected chi connectivity index (χ1v) is 13.4. The van der Waals surface area contributed by atoms with Gasteiger partial charge in [0.05, 0.1) is 28.5 Å². The molecule has 0 radical (unpaired) electrons. The van der Waals surface area contributed by atoms with Crippen LogP contribution in [0.2, 0.25) is 0 Å². The van der Waals surface area contributed by atoms with Crippen LogP contribution in [0.3, 0.4) is 0 Å². The monoisotopic (exact) mass is 550 g/mol. The first-order chi connectivity index (χ1) is 18.2. The van der Waals surface area contributed by atoms with E-state index in [9.17, 15) is 14.0 Å². The summed E-state index contributed by atoms with van der Waals surface area (Å²) in [7, 11) is 0. The molecule has 11 heteroatoms. The molecule has 3 aromatic heterocycles. The van der Waals surface area contributed by atoms with Gasteiger partial charge in [-0.3, -0.25) is 9.36 Å². The van der Waals surface area contributed by atoms with E-state index in [2.05, 4.69) is 15.0 Å². The van der Waals surface area contributed by atoms with Crippen molar-refractivity contribution in [1.29, 1.82) is 0 Å². The number of fused-ring (bicyclic) bond motifs is 1. The Balaban J connectivity index is 1.56. The zero-order chi connectivity index (χ0) is 27.0. The van der Waals surface area contributed by atoms with E-state index in [1.54, 1.807) is 44.2 Å². The van der Waals surface area contributed by atoms with E-state index in [1.165, 1.54) is 39.8 Å². The van der Waals surface area contributed by atoms with E-state index in [1.807, 2.05) is 19.9 Å². The molecule has 1 aliphatic rings. The molecule has 0 amide bonds. The van der Waals surface area contributed by atoms with Crippen LogP contribution in [0, 0.1) is 19.7 Å². The second-order valence-electron chi connectivity index (χ2n) is 8.55. The second-order valence-corrected chi connectivity index (χ2v) is 10.5. The maximum atomic E-state index is 13.7. The Bertz CT molecular complexity index is 1730. The Morgan fingerprint density at radius 1 is 1.16 bits per heavy atom. The van der Waals surface area contributed by atoms with Crippen molar-refractivity contribution < 1.29 is 18.3 Å². The fourth-order valence-electron chi connectivity index (χ4n) is 4.18. The van der Waals surface area contributed by atoms with Crippen LogP contribution >= 0.6 is 23.1 Å². The van der Waals surface area contributed by atoms with Crippen LogP contribution in [-0.4, -0.2) is 27.1 Å². The highest BCUT2D eigenvalue weighted by molar-refractivity contribution is 7.99. The van der Waals surface area contributed by atoms with Crippen molar-refractivity contribution >= 4 is 35.1 Å². The summed E-state index contributed by atoms with van der Waals surface area (Å²) in [5.74, 6) is -0.516. The number of esters is 1. The molecule has 194 valence electrons. The molecule has 1 atom stereocenters. The number of ether oxygens (including phenoxy) is 1. The Hall–Kier alpha value is -3.83.